The van der Waals surface area contributed by atoms with Gasteiger partial charge in [-0.05, 0) is 49.0 Å². The Bertz CT molecular complexity index is 675. The van der Waals surface area contributed by atoms with Crippen LogP contribution in [0, 0.1) is 0 Å². The lowest BCUT2D eigenvalue weighted by Gasteiger charge is -2.25. The van der Waals surface area contributed by atoms with Crippen LogP contribution in [0.15, 0.2) is 36.4 Å². The van der Waals surface area contributed by atoms with Crippen LogP contribution in [0.3, 0.4) is 0 Å². The molecule has 0 spiro atoms. The van der Waals surface area contributed by atoms with Gasteiger partial charge < -0.3 is 14.9 Å². The van der Waals surface area contributed by atoms with Crippen LogP contribution in [0.5, 0.6) is 5.75 Å². The third kappa shape index (κ3) is 2.95. The second kappa shape index (κ2) is 5.76. The summed E-state index contributed by atoms with van der Waals surface area (Å²) >= 11 is 12.2. The van der Waals surface area contributed by atoms with Crippen LogP contribution in [0.1, 0.15) is 5.56 Å². The number of anilines is 2. The molecule has 2 aromatic rings. The van der Waals surface area contributed by atoms with Gasteiger partial charge in [-0.1, -0.05) is 23.2 Å². The number of hydrogen-bond donors (Lipinski definition) is 1. The van der Waals surface area contributed by atoms with Crippen LogP contribution in [0.25, 0.3) is 0 Å². The Morgan fingerprint density at radius 1 is 1.00 bits per heavy atom. The lowest BCUT2D eigenvalue weighted by atomic mass is 10.1. The van der Waals surface area contributed by atoms with E-state index in [9.17, 15) is 5.11 Å². The molecule has 1 heterocycles. The van der Waals surface area contributed by atoms with E-state index in [-0.39, 0.29) is 5.75 Å². The number of aromatic hydroxyl groups is 1. The Hall–Kier alpha value is -1.42. The number of likely N-dealkylation sites (N-methyl/N-ethyl adjacent to an activating group) is 1. The average molecular weight is 323 g/mol. The first-order valence-corrected chi connectivity index (χ1v) is 7.53. The van der Waals surface area contributed by atoms with Crippen molar-refractivity contribution < 1.29 is 5.11 Å². The summed E-state index contributed by atoms with van der Waals surface area (Å²) in [4.78, 5) is 4.44. The topological polar surface area (TPSA) is 26.7 Å². The fourth-order valence-electron chi connectivity index (χ4n) is 2.64. The van der Waals surface area contributed by atoms with E-state index in [0.717, 1.165) is 36.6 Å². The Labute approximate surface area is 134 Å². The molecule has 1 aliphatic rings. The van der Waals surface area contributed by atoms with Crippen molar-refractivity contribution in [2.45, 2.75) is 6.54 Å². The molecule has 0 aromatic heterocycles. The number of benzene rings is 2. The smallest absolute Gasteiger partial charge is 0.116 e. The summed E-state index contributed by atoms with van der Waals surface area (Å²) < 4.78 is 0. The van der Waals surface area contributed by atoms with E-state index < -0.39 is 0 Å². The minimum absolute atomic E-state index is 0.290. The van der Waals surface area contributed by atoms with Crippen molar-refractivity contribution in [1.82, 2.24) is 4.90 Å². The zero-order valence-electron chi connectivity index (χ0n) is 11.7. The lowest BCUT2D eigenvalue weighted by molar-refractivity contribution is 0.343. The highest BCUT2D eigenvalue weighted by Crippen LogP contribution is 2.35. The van der Waals surface area contributed by atoms with Crippen LogP contribution in [-0.2, 0) is 6.54 Å². The SMILES string of the molecule is CN1CCN(c2ccc(Cl)c(Cl)c2)c2ccc(O)cc2C1. The number of rotatable bonds is 1. The molecule has 5 heteroatoms. The predicted molar refractivity (Wildman–Crippen MR) is 87.9 cm³/mol. The van der Waals surface area contributed by atoms with Gasteiger partial charge in [0, 0.05) is 31.0 Å². The number of hydrogen-bond acceptors (Lipinski definition) is 3. The monoisotopic (exact) mass is 322 g/mol. The third-order valence-corrected chi connectivity index (χ3v) is 4.45. The lowest BCUT2D eigenvalue weighted by Crippen LogP contribution is -2.26. The van der Waals surface area contributed by atoms with Crippen LogP contribution in [0.2, 0.25) is 10.0 Å². The molecule has 110 valence electrons. The number of fused-ring (bicyclic) bond motifs is 1. The van der Waals surface area contributed by atoms with Gasteiger partial charge in [-0.15, -0.1) is 0 Å². The normalized spacial score (nSPS) is 15.7. The van der Waals surface area contributed by atoms with Gasteiger partial charge in [0.15, 0.2) is 0 Å². The quantitative estimate of drug-likeness (QED) is 0.848. The molecule has 21 heavy (non-hydrogen) atoms. The second-order valence-corrected chi connectivity index (χ2v) is 6.12. The maximum absolute atomic E-state index is 9.73. The first-order valence-electron chi connectivity index (χ1n) is 6.77. The molecule has 1 aliphatic heterocycles. The Balaban J connectivity index is 2.08. The van der Waals surface area contributed by atoms with E-state index in [4.69, 9.17) is 23.2 Å². The summed E-state index contributed by atoms with van der Waals surface area (Å²) in [7, 11) is 2.08. The molecular formula is C16H16Cl2N2O. The Morgan fingerprint density at radius 2 is 1.81 bits per heavy atom. The molecule has 0 bridgehead atoms. The molecule has 0 aliphatic carbocycles. The summed E-state index contributed by atoms with van der Waals surface area (Å²) in [5, 5.41) is 10.8. The van der Waals surface area contributed by atoms with E-state index >= 15 is 0 Å². The summed E-state index contributed by atoms with van der Waals surface area (Å²) in [6.45, 7) is 2.59. The summed E-state index contributed by atoms with van der Waals surface area (Å²) in [5.74, 6) is 0.290. The second-order valence-electron chi connectivity index (χ2n) is 5.30. The zero-order valence-corrected chi connectivity index (χ0v) is 13.2. The molecule has 0 atom stereocenters. The summed E-state index contributed by atoms with van der Waals surface area (Å²) in [5.41, 5.74) is 3.20. The van der Waals surface area contributed by atoms with Gasteiger partial charge in [-0.2, -0.15) is 0 Å². The van der Waals surface area contributed by atoms with Gasteiger partial charge in [0.2, 0.25) is 0 Å². The van der Waals surface area contributed by atoms with Gasteiger partial charge in [0.1, 0.15) is 5.75 Å². The zero-order chi connectivity index (χ0) is 15.0. The largest absolute Gasteiger partial charge is 0.508 e. The van der Waals surface area contributed by atoms with Gasteiger partial charge in [-0.25, -0.2) is 0 Å². The predicted octanol–water partition coefficient (Wildman–Crippen LogP) is 4.28. The summed E-state index contributed by atoms with van der Waals surface area (Å²) in [6.07, 6.45) is 0. The molecule has 0 radical (unpaired) electrons. The average Bonchev–Trinajstić information content (AvgIpc) is 2.60. The van der Waals surface area contributed by atoms with Crippen molar-refractivity contribution in [2.24, 2.45) is 0 Å². The summed E-state index contributed by atoms with van der Waals surface area (Å²) in [6, 6.07) is 11.2. The van der Waals surface area contributed by atoms with Crippen molar-refractivity contribution in [3.63, 3.8) is 0 Å². The van der Waals surface area contributed by atoms with Crippen molar-refractivity contribution >= 4 is 34.6 Å². The molecule has 1 N–H and O–H groups in total. The highest BCUT2D eigenvalue weighted by Gasteiger charge is 2.20. The molecule has 2 aromatic carbocycles. The molecule has 0 saturated heterocycles. The van der Waals surface area contributed by atoms with E-state index in [1.807, 2.05) is 30.3 Å². The van der Waals surface area contributed by atoms with Gasteiger partial charge >= 0.3 is 0 Å². The van der Waals surface area contributed by atoms with Crippen molar-refractivity contribution in [1.29, 1.82) is 0 Å². The molecule has 0 unspecified atom stereocenters. The minimum atomic E-state index is 0.290. The van der Waals surface area contributed by atoms with E-state index in [0.29, 0.717) is 10.0 Å². The Morgan fingerprint density at radius 3 is 2.57 bits per heavy atom. The first kappa shape index (κ1) is 14.5. The van der Waals surface area contributed by atoms with Crippen molar-refractivity contribution in [3.8, 4) is 5.75 Å². The van der Waals surface area contributed by atoms with Gasteiger partial charge in [0.25, 0.3) is 0 Å². The van der Waals surface area contributed by atoms with E-state index in [1.54, 1.807) is 6.07 Å². The number of halogens is 2. The maximum atomic E-state index is 9.73. The van der Waals surface area contributed by atoms with Gasteiger partial charge in [-0.3, -0.25) is 0 Å². The highest BCUT2D eigenvalue weighted by molar-refractivity contribution is 6.42. The maximum Gasteiger partial charge on any atom is 0.116 e. The fraction of sp³-hybridized carbons (Fsp3) is 0.250. The van der Waals surface area contributed by atoms with Crippen LogP contribution in [0.4, 0.5) is 11.4 Å². The fourth-order valence-corrected chi connectivity index (χ4v) is 2.94. The van der Waals surface area contributed by atoms with Crippen molar-refractivity contribution in [3.05, 3.63) is 52.0 Å². The number of phenols is 1. The molecule has 0 amide bonds. The van der Waals surface area contributed by atoms with Crippen LogP contribution < -0.4 is 4.90 Å². The molecular weight excluding hydrogens is 307 g/mol. The Kier molecular flexibility index (Phi) is 3.98. The molecule has 3 nitrogen and oxygen atoms in total. The molecule has 0 fully saturated rings. The van der Waals surface area contributed by atoms with Crippen LogP contribution >= 0.6 is 23.2 Å². The highest BCUT2D eigenvalue weighted by atomic mass is 35.5. The first-order chi connectivity index (χ1) is 10.0. The minimum Gasteiger partial charge on any atom is -0.508 e. The van der Waals surface area contributed by atoms with E-state index in [2.05, 4.69) is 16.8 Å². The van der Waals surface area contributed by atoms with Gasteiger partial charge in [0.05, 0.1) is 10.0 Å². The third-order valence-electron chi connectivity index (χ3n) is 3.71. The van der Waals surface area contributed by atoms with E-state index in [1.165, 1.54) is 0 Å². The molecule has 3 rings (SSSR count). The molecule has 0 saturated carbocycles. The number of nitrogens with zero attached hydrogens (tertiary/aromatic N) is 2. The van der Waals surface area contributed by atoms with Crippen LogP contribution in [-0.4, -0.2) is 30.1 Å². The standard InChI is InChI=1S/C16H16Cl2N2O/c1-19-6-7-20(12-2-4-14(17)15(18)9-12)16-5-3-13(21)8-11(16)10-19/h2-5,8-9,21H,6-7,10H2,1H3. The van der Waals surface area contributed by atoms with Crippen molar-refractivity contribution in [2.75, 3.05) is 25.0 Å². The number of phenolic OH excluding ortho intramolecular Hbond substituents is 1.